The van der Waals surface area contributed by atoms with E-state index in [1.165, 1.54) is 11.3 Å². The number of carbonyl (C=O) groups is 1. The van der Waals surface area contributed by atoms with Crippen LogP contribution in [0.4, 0.5) is 5.13 Å². The van der Waals surface area contributed by atoms with E-state index < -0.39 is 9.84 Å². The number of anilines is 1. The lowest BCUT2D eigenvalue weighted by molar-refractivity contribution is -0.119. The van der Waals surface area contributed by atoms with Gasteiger partial charge < -0.3 is 9.47 Å². The molecule has 9 heteroatoms. The molecule has 0 saturated carbocycles. The fourth-order valence-electron chi connectivity index (χ4n) is 3.96. The summed E-state index contributed by atoms with van der Waals surface area (Å²) in [5.41, 5.74) is 1.80. The van der Waals surface area contributed by atoms with E-state index >= 15 is 0 Å². The van der Waals surface area contributed by atoms with Crippen molar-refractivity contribution in [2.45, 2.75) is 50.5 Å². The maximum absolute atomic E-state index is 13.3. The molecule has 4 rings (SSSR count). The van der Waals surface area contributed by atoms with Gasteiger partial charge in [0.2, 0.25) is 5.91 Å². The third-order valence-corrected chi connectivity index (χ3v) is 8.64. The Kier molecular flexibility index (Phi) is 7.85. The largest absolute Gasteiger partial charge is 0.494 e. The van der Waals surface area contributed by atoms with E-state index in [1.807, 2.05) is 32.0 Å². The molecule has 1 amide bonds. The number of fused-ring (bicyclic) bond motifs is 1. The molecule has 0 spiro atoms. The topological polar surface area (TPSA) is 85.8 Å². The molecule has 2 heterocycles. The molecule has 2 aromatic carbocycles. The summed E-state index contributed by atoms with van der Waals surface area (Å²) in [5.74, 6) is 0.551. The van der Waals surface area contributed by atoms with Crippen molar-refractivity contribution in [3.05, 3.63) is 48.0 Å². The Morgan fingerprint density at radius 1 is 1.24 bits per heavy atom. The highest BCUT2D eigenvalue weighted by atomic mass is 32.2. The molecule has 1 fully saturated rings. The number of rotatable bonds is 10. The number of amides is 1. The lowest BCUT2D eigenvalue weighted by atomic mass is 10.2. The summed E-state index contributed by atoms with van der Waals surface area (Å²) in [5, 5.41) is 0.602. The van der Waals surface area contributed by atoms with Gasteiger partial charge >= 0.3 is 0 Å². The number of benzene rings is 2. The van der Waals surface area contributed by atoms with Gasteiger partial charge in [0.25, 0.3) is 0 Å². The molecule has 1 aromatic heterocycles. The second kappa shape index (κ2) is 10.8. The Balaban J connectivity index is 1.48. The molecular formula is C25H30N2O5S2. The van der Waals surface area contributed by atoms with Crippen LogP contribution in [0.25, 0.3) is 10.2 Å². The van der Waals surface area contributed by atoms with E-state index in [2.05, 4.69) is 4.98 Å². The van der Waals surface area contributed by atoms with Crippen LogP contribution >= 0.6 is 11.3 Å². The van der Waals surface area contributed by atoms with Crippen molar-refractivity contribution in [3.8, 4) is 5.75 Å². The number of sulfone groups is 1. The fraction of sp³-hybridized carbons (Fsp3) is 0.440. The lowest BCUT2D eigenvalue weighted by Gasteiger charge is -2.23. The van der Waals surface area contributed by atoms with Gasteiger partial charge in [-0.05, 0) is 63.4 Å². The minimum atomic E-state index is -3.44. The zero-order valence-electron chi connectivity index (χ0n) is 19.5. The van der Waals surface area contributed by atoms with Crippen molar-refractivity contribution in [1.29, 1.82) is 0 Å². The van der Waals surface area contributed by atoms with Crippen molar-refractivity contribution >= 4 is 42.4 Å². The van der Waals surface area contributed by atoms with Crippen LogP contribution in [0.3, 0.4) is 0 Å². The Morgan fingerprint density at radius 3 is 2.74 bits per heavy atom. The van der Waals surface area contributed by atoms with Crippen LogP contribution in [-0.4, -0.2) is 50.9 Å². The van der Waals surface area contributed by atoms with E-state index in [0.717, 1.165) is 34.4 Å². The molecule has 34 heavy (non-hydrogen) atoms. The summed E-state index contributed by atoms with van der Waals surface area (Å²) < 4.78 is 37.7. The van der Waals surface area contributed by atoms with Crippen LogP contribution in [-0.2, 0) is 19.4 Å². The zero-order chi connectivity index (χ0) is 24.1. The van der Waals surface area contributed by atoms with Crippen molar-refractivity contribution in [2.24, 2.45) is 0 Å². The smallest absolute Gasteiger partial charge is 0.228 e. The summed E-state index contributed by atoms with van der Waals surface area (Å²) in [4.78, 5) is 19.9. The molecule has 0 radical (unpaired) electrons. The second-order valence-electron chi connectivity index (χ2n) is 8.43. The summed E-state index contributed by atoms with van der Waals surface area (Å²) in [6.07, 6.45) is 2.20. The maximum atomic E-state index is 13.3. The molecule has 1 aliphatic heterocycles. The van der Waals surface area contributed by atoms with Gasteiger partial charge in [-0.1, -0.05) is 29.0 Å². The average Bonchev–Trinajstić information content (AvgIpc) is 3.47. The number of carbonyl (C=O) groups excluding carboxylic acids is 1. The van der Waals surface area contributed by atoms with E-state index in [9.17, 15) is 13.2 Å². The molecule has 1 unspecified atom stereocenters. The van der Waals surface area contributed by atoms with Crippen LogP contribution in [0.1, 0.15) is 38.2 Å². The highest BCUT2D eigenvalue weighted by Gasteiger charge is 2.26. The number of ether oxygens (including phenoxy) is 2. The monoisotopic (exact) mass is 502 g/mol. The molecule has 0 bridgehead atoms. The molecule has 0 aliphatic carbocycles. The van der Waals surface area contributed by atoms with E-state index in [1.54, 1.807) is 29.2 Å². The number of nitrogens with zero attached hydrogens (tertiary/aromatic N) is 2. The SMILES string of the molecule is CCOc1ccc2nc(N(CC3CCCO3)C(=O)CCCS(=O)(=O)c3ccc(C)cc3)sc2c1. The van der Waals surface area contributed by atoms with Crippen molar-refractivity contribution in [1.82, 2.24) is 4.98 Å². The third-order valence-electron chi connectivity index (χ3n) is 5.79. The van der Waals surface area contributed by atoms with Gasteiger partial charge in [-0.2, -0.15) is 0 Å². The summed E-state index contributed by atoms with van der Waals surface area (Å²) in [6.45, 7) is 5.54. The summed E-state index contributed by atoms with van der Waals surface area (Å²) in [7, 11) is -3.44. The standard InChI is InChI=1S/C25H30N2O5S2/c1-3-31-19-10-13-22-23(16-19)33-25(26-22)27(17-20-6-4-14-32-20)24(28)7-5-15-34(29,30)21-11-8-18(2)9-12-21/h8-13,16,20H,3-7,14-15,17H2,1-2H3. The first-order valence-corrected chi connectivity index (χ1v) is 14.1. The minimum Gasteiger partial charge on any atom is -0.494 e. The number of aromatic nitrogens is 1. The van der Waals surface area contributed by atoms with Crippen LogP contribution in [0.2, 0.25) is 0 Å². The highest BCUT2D eigenvalue weighted by Crippen LogP contribution is 2.33. The van der Waals surface area contributed by atoms with E-state index in [-0.39, 0.29) is 35.5 Å². The van der Waals surface area contributed by atoms with Crippen LogP contribution in [0.5, 0.6) is 5.75 Å². The predicted molar refractivity (Wildman–Crippen MR) is 135 cm³/mol. The predicted octanol–water partition coefficient (Wildman–Crippen LogP) is 4.77. The summed E-state index contributed by atoms with van der Waals surface area (Å²) >= 11 is 1.43. The first-order valence-electron chi connectivity index (χ1n) is 11.6. The van der Waals surface area contributed by atoms with Crippen LogP contribution in [0.15, 0.2) is 47.4 Å². The van der Waals surface area contributed by atoms with E-state index in [0.29, 0.717) is 24.9 Å². The van der Waals surface area contributed by atoms with E-state index in [4.69, 9.17) is 9.47 Å². The Hall–Kier alpha value is -2.49. The quantitative estimate of drug-likeness (QED) is 0.397. The highest BCUT2D eigenvalue weighted by molar-refractivity contribution is 7.91. The van der Waals surface area contributed by atoms with Crippen LogP contribution < -0.4 is 9.64 Å². The molecule has 1 aliphatic rings. The molecule has 3 aromatic rings. The molecule has 1 atom stereocenters. The molecule has 182 valence electrons. The van der Waals surface area contributed by atoms with Gasteiger partial charge in [-0.25, -0.2) is 13.4 Å². The van der Waals surface area contributed by atoms with Gasteiger partial charge in [-0.3, -0.25) is 9.69 Å². The number of hydrogen-bond donors (Lipinski definition) is 0. The van der Waals surface area contributed by atoms with Gasteiger partial charge in [0, 0.05) is 13.0 Å². The minimum absolute atomic E-state index is 0.0359. The Morgan fingerprint density at radius 2 is 2.03 bits per heavy atom. The van der Waals surface area contributed by atoms with Gasteiger partial charge in [0.05, 0.1) is 40.1 Å². The third kappa shape index (κ3) is 5.95. The van der Waals surface area contributed by atoms with Crippen molar-refractivity contribution in [3.63, 3.8) is 0 Å². The number of thiazole rings is 1. The molecule has 7 nitrogen and oxygen atoms in total. The van der Waals surface area contributed by atoms with Crippen molar-refractivity contribution in [2.75, 3.05) is 30.4 Å². The molecule has 1 saturated heterocycles. The van der Waals surface area contributed by atoms with Gasteiger partial charge in [-0.15, -0.1) is 0 Å². The normalized spacial score (nSPS) is 16.1. The molecule has 0 N–H and O–H groups in total. The Bertz CT molecular complexity index is 1230. The zero-order valence-corrected chi connectivity index (χ0v) is 21.2. The first kappa shape index (κ1) is 24.6. The van der Waals surface area contributed by atoms with Crippen LogP contribution in [0, 0.1) is 6.92 Å². The number of aryl methyl sites for hydroxylation is 1. The first-order chi connectivity index (χ1) is 16.4. The Labute approximate surface area is 204 Å². The second-order valence-corrected chi connectivity index (χ2v) is 11.6. The summed E-state index contributed by atoms with van der Waals surface area (Å²) in [6, 6.07) is 12.5. The maximum Gasteiger partial charge on any atom is 0.228 e. The number of hydrogen-bond acceptors (Lipinski definition) is 7. The van der Waals surface area contributed by atoms with Gasteiger partial charge in [0.15, 0.2) is 15.0 Å². The van der Waals surface area contributed by atoms with Crippen molar-refractivity contribution < 1.29 is 22.7 Å². The average molecular weight is 503 g/mol. The lowest BCUT2D eigenvalue weighted by Crippen LogP contribution is -2.37. The van der Waals surface area contributed by atoms with Gasteiger partial charge in [0.1, 0.15) is 5.75 Å². The molecular weight excluding hydrogens is 472 g/mol. The fourth-order valence-corrected chi connectivity index (χ4v) is 6.29.